The van der Waals surface area contributed by atoms with Crippen molar-refractivity contribution in [3.05, 3.63) is 107 Å². The van der Waals surface area contributed by atoms with E-state index in [9.17, 15) is 9.59 Å². The smallest absolute Gasteiger partial charge is 0.254 e. The first-order chi connectivity index (χ1) is 21.8. The fraction of sp³-hybridized carbons (Fsp3) is 0.229. The van der Waals surface area contributed by atoms with E-state index < -0.39 is 0 Å². The van der Waals surface area contributed by atoms with Gasteiger partial charge in [0.1, 0.15) is 0 Å². The molecule has 0 saturated carbocycles. The highest BCUT2D eigenvalue weighted by atomic mass is 35.5. The number of fused-ring (bicyclic) bond motifs is 5. The second-order valence-corrected chi connectivity index (χ2v) is 12.2. The SMILES string of the molecule is C[C@@H]1CCC[C@H](n2cnc(-c3cc(Cl)ccc3-c3ccc4c(ccn4C)c3)cc2=O)c2cc(ccn2)-c2c(cnn2C)NC1=O. The molecule has 0 saturated heterocycles. The number of nitrogens with zero attached hydrogens (tertiary/aromatic N) is 6. The van der Waals surface area contributed by atoms with Crippen LogP contribution >= 0.6 is 11.6 Å². The van der Waals surface area contributed by atoms with Crippen LogP contribution in [0.2, 0.25) is 5.02 Å². The van der Waals surface area contributed by atoms with Crippen molar-refractivity contribution in [3.63, 3.8) is 0 Å². The van der Waals surface area contributed by atoms with Gasteiger partial charge in [-0.1, -0.05) is 37.1 Å². The molecule has 1 N–H and O–H groups in total. The number of nitrogens with one attached hydrogen (secondary N) is 1. The summed E-state index contributed by atoms with van der Waals surface area (Å²) in [5.41, 5.74) is 7.25. The summed E-state index contributed by atoms with van der Waals surface area (Å²) >= 11 is 6.47. The maximum Gasteiger partial charge on any atom is 0.254 e. The van der Waals surface area contributed by atoms with Crippen LogP contribution in [0, 0.1) is 5.92 Å². The number of aromatic nitrogens is 6. The van der Waals surface area contributed by atoms with Crippen LogP contribution in [0.15, 0.2) is 90.4 Å². The molecule has 1 aliphatic heterocycles. The predicted molar refractivity (Wildman–Crippen MR) is 177 cm³/mol. The van der Waals surface area contributed by atoms with Gasteiger partial charge in [-0.15, -0.1) is 0 Å². The molecular formula is C35H32ClN7O2. The number of benzene rings is 2. The zero-order valence-electron chi connectivity index (χ0n) is 25.2. The zero-order valence-corrected chi connectivity index (χ0v) is 26.0. The fourth-order valence-electron chi connectivity index (χ4n) is 6.30. The van der Waals surface area contributed by atoms with Gasteiger partial charge in [0.05, 0.1) is 41.3 Å². The molecule has 0 fully saturated rings. The summed E-state index contributed by atoms with van der Waals surface area (Å²) in [6.07, 6.45) is 9.05. The lowest BCUT2D eigenvalue weighted by Gasteiger charge is -2.22. The van der Waals surface area contributed by atoms with Crippen LogP contribution in [-0.2, 0) is 18.9 Å². The molecular weight excluding hydrogens is 586 g/mol. The Kier molecular flexibility index (Phi) is 7.33. The molecule has 0 spiro atoms. The summed E-state index contributed by atoms with van der Waals surface area (Å²) in [6, 6.07) is 19.2. The minimum absolute atomic E-state index is 0.0532. The van der Waals surface area contributed by atoms with Gasteiger partial charge < -0.3 is 9.88 Å². The third kappa shape index (κ3) is 5.33. The van der Waals surface area contributed by atoms with Crippen molar-refractivity contribution in [2.45, 2.75) is 32.2 Å². The number of amides is 1. The quantitative estimate of drug-likeness (QED) is 0.234. The molecule has 6 aromatic rings. The average Bonchev–Trinajstić information content (AvgIpc) is 3.59. The third-order valence-electron chi connectivity index (χ3n) is 8.78. The van der Waals surface area contributed by atoms with E-state index in [1.807, 2.05) is 57.5 Å². The Hall–Kier alpha value is -5.02. The van der Waals surface area contributed by atoms with E-state index in [2.05, 4.69) is 39.2 Å². The van der Waals surface area contributed by atoms with Gasteiger partial charge in [0, 0.05) is 65.5 Å². The van der Waals surface area contributed by atoms with E-state index in [1.54, 1.807) is 34.0 Å². The van der Waals surface area contributed by atoms with E-state index in [0.29, 0.717) is 29.2 Å². The summed E-state index contributed by atoms with van der Waals surface area (Å²) < 4.78 is 5.47. The maximum absolute atomic E-state index is 13.9. The van der Waals surface area contributed by atoms with Gasteiger partial charge in [-0.05, 0) is 66.4 Å². The second kappa shape index (κ2) is 11.5. The lowest BCUT2D eigenvalue weighted by atomic mass is 9.96. The molecule has 1 aliphatic rings. The van der Waals surface area contributed by atoms with E-state index in [0.717, 1.165) is 51.0 Å². The topological polar surface area (TPSA) is 99.6 Å². The van der Waals surface area contributed by atoms with E-state index >= 15 is 0 Å². The van der Waals surface area contributed by atoms with Gasteiger partial charge in [0.25, 0.3) is 5.56 Å². The number of anilines is 1. The molecule has 1 amide bonds. The van der Waals surface area contributed by atoms with E-state index in [4.69, 9.17) is 21.6 Å². The Morgan fingerprint density at radius 1 is 0.911 bits per heavy atom. The van der Waals surface area contributed by atoms with Crippen molar-refractivity contribution < 1.29 is 4.79 Å². The average molecular weight is 618 g/mol. The Labute approximate surface area is 265 Å². The number of hydrogen-bond donors (Lipinski definition) is 1. The number of halogens is 1. The number of hydrogen-bond acceptors (Lipinski definition) is 5. The highest BCUT2D eigenvalue weighted by Gasteiger charge is 2.24. The third-order valence-corrected chi connectivity index (χ3v) is 9.02. The van der Waals surface area contributed by atoms with Gasteiger partial charge in [0.15, 0.2) is 0 Å². The Bertz CT molecular complexity index is 2140. The molecule has 9 nitrogen and oxygen atoms in total. The molecule has 2 aromatic carbocycles. The second-order valence-electron chi connectivity index (χ2n) is 11.7. The lowest BCUT2D eigenvalue weighted by molar-refractivity contribution is -0.119. The molecule has 0 aliphatic carbocycles. The fourth-order valence-corrected chi connectivity index (χ4v) is 6.48. The van der Waals surface area contributed by atoms with Crippen LogP contribution in [0.1, 0.15) is 37.9 Å². The molecule has 2 bridgehead atoms. The molecule has 2 atom stereocenters. The number of carbonyl (C=O) groups is 1. The van der Waals surface area contributed by atoms with Gasteiger partial charge in [0.2, 0.25) is 5.91 Å². The van der Waals surface area contributed by atoms with Crippen molar-refractivity contribution in [1.29, 1.82) is 0 Å². The van der Waals surface area contributed by atoms with E-state index in [1.165, 1.54) is 0 Å². The molecule has 7 rings (SSSR count). The van der Waals surface area contributed by atoms with Crippen molar-refractivity contribution in [3.8, 4) is 33.6 Å². The van der Waals surface area contributed by atoms with Crippen LogP contribution in [0.25, 0.3) is 44.5 Å². The number of rotatable bonds is 3. The molecule has 0 radical (unpaired) electrons. The molecule has 4 aromatic heterocycles. The summed E-state index contributed by atoms with van der Waals surface area (Å²) in [5, 5.41) is 9.12. The van der Waals surface area contributed by atoms with Gasteiger partial charge in [-0.3, -0.25) is 23.8 Å². The van der Waals surface area contributed by atoms with Gasteiger partial charge in [-0.2, -0.15) is 5.10 Å². The van der Waals surface area contributed by atoms with Crippen LogP contribution in [0.5, 0.6) is 0 Å². The molecule has 0 unspecified atom stereocenters. The van der Waals surface area contributed by atoms with Crippen molar-refractivity contribution in [1.82, 2.24) is 28.9 Å². The number of pyridine rings is 1. The zero-order chi connectivity index (χ0) is 31.2. The molecule has 5 heterocycles. The van der Waals surface area contributed by atoms with E-state index in [-0.39, 0.29) is 23.4 Å². The van der Waals surface area contributed by atoms with Gasteiger partial charge in [-0.25, -0.2) is 4.98 Å². The highest BCUT2D eigenvalue weighted by molar-refractivity contribution is 6.31. The number of carbonyl (C=O) groups excluding carboxylic acids is 1. The first kappa shape index (κ1) is 28.7. The Morgan fingerprint density at radius 3 is 2.62 bits per heavy atom. The van der Waals surface area contributed by atoms with Crippen molar-refractivity contribution in [2.75, 3.05) is 5.32 Å². The summed E-state index contributed by atoms with van der Waals surface area (Å²) in [4.78, 5) is 36.4. The van der Waals surface area contributed by atoms with Crippen molar-refractivity contribution >= 4 is 34.1 Å². The standard InChI is InChI=1S/C35H32ClN7O2/c1-21-5-4-6-32(29-16-24(11-13-37-29)34-30(40-35(21)45)19-39-42(34)3)43-20-38-28(18-33(43)44)27-17-25(36)8-9-26(27)22-7-10-31-23(15-22)12-14-41(31)2/h7-21,32H,4-6H2,1-3H3,(H,40,45)/t21-,32+/m1/s1. The lowest BCUT2D eigenvalue weighted by Crippen LogP contribution is -2.27. The molecule has 10 heteroatoms. The largest absolute Gasteiger partial charge is 0.351 e. The van der Waals surface area contributed by atoms with Crippen molar-refractivity contribution in [2.24, 2.45) is 20.0 Å². The van der Waals surface area contributed by atoms with Crippen LogP contribution in [-0.4, -0.2) is 34.8 Å². The summed E-state index contributed by atoms with van der Waals surface area (Å²) in [6.45, 7) is 1.92. The monoisotopic (exact) mass is 617 g/mol. The van der Waals surface area contributed by atoms with Crippen LogP contribution in [0.4, 0.5) is 5.69 Å². The van der Waals surface area contributed by atoms with Crippen LogP contribution in [0.3, 0.4) is 0 Å². The minimum atomic E-state index is -0.371. The summed E-state index contributed by atoms with van der Waals surface area (Å²) in [5.74, 6) is -0.263. The minimum Gasteiger partial charge on any atom is -0.351 e. The number of aryl methyl sites for hydroxylation is 2. The van der Waals surface area contributed by atoms with Gasteiger partial charge >= 0.3 is 0 Å². The highest BCUT2D eigenvalue weighted by Crippen LogP contribution is 2.36. The Balaban J connectivity index is 1.30. The predicted octanol–water partition coefficient (Wildman–Crippen LogP) is 6.87. The molecule has 45 heavy (non-hydrogen) atoms. The maximum atomic E-state index is 13.9. The van der Waals surface area contributed by atoms with Crippen LogP contribution < -0.4 is 10.9 Å². The molecule has 226 valence electrons. The normalized spacial score (nSPS) is 16.9. The first-order valence-corrected chi connectivity index (χ1v) is 15.4. The summed E-state index contributed by atoms with van der Waals surface area (Å²) in [7, 11) is 3.86. The first-order valence-electron chi connectivity index (χ1n) is 15.0. The Morgan fingerprint density at radius 2 is 1.78 bits per heavy atom.